The van der Waals surface area contributed by atoms with Crippen LogP contribution in [0.1, 0.15) is 86.3 Å². The van der Waals surface area contributed by atoms with Crippen LogP contribution in [0.25, 0.3) is 0 Å². The van der Waals surface area contributed by atoms with E-state index in [0.717, 1.165) is 45.1 Å². The van der Waals surface area contributed by atoms with E-state index >= 15 is 0 Å². The van der Waals surface area contributed by atoms with Crippen LogP contribution in [-0.2, 0) is 36.8 Å². The van der Waals surface area contributed by atoms with Gasteiger partial charge in [0.15, 0.2) is 0 Å². The standard InChI is InChI=1S/C34H38N6O2/c1-9-11-41-31-23-13-27(33(3,4)5)15-25(31)19-39-22-30(36-37-39)18-24-14-28(34(6,7)8)16-26(32(24)42-12-10-2)20-40-21-29(17-23)35-38-40/h1-2,13-16,21-22H,11-12,17-20H2,3-8H3. The Balaban J connectivity index is 1.70. The second kappa shape index (κ2) is 11.4. The summed E-state index contributed by atoms with van der Waals surface area (Å²) in [4.78, 5) is 0. The second-order valence-electron chi connectivity index (χ2n) is 12.9. The third kappa shape index (κ3) is 6.34. The van der Waals surface area contributed by atoms with Crippen molar-refractivity contribution in [1.82, 2.24) is 30.0 Å². The van der Waals surface area contributed by atoms with E-state index < -0.39 is 0 Å². The number of terminal acetylenes is 2. The summed E-state index contributed by atoms with van der Waals surface area (Å²) in [6.45, 7) is 14.5. The first kappa shape index (κ1) is 29.0. The van der Waals surface area contributed by atoms with Gasteiger partial charge in [-0.25, -0.2) is 9.36 Å². The Morgan fingerprint density at radius 3 is 1.40 bits per heavy atom. The molecule has 0 spiro atoms. The van der Waals surface area contributed by atoms with Gasteiger partial charge in [0.05, 0.1) is 24.5 Å². The largest absolute Gasteiger partial charge is 0.480 e. The van der Waals surface area contributed by atoms with Crippen molar-refractivity contribution in [2.45, 2.75) is 78.3 Å². The van der Waals surface area contributed by atoms with Crippen LogP contribution < -0.4 is 9.47 Å². The van der Waals surface area contributed by atoms with E-state index in [1.165, 1.54) is 11.1 Å². The smallest absolute Gasteiger partial charge is 0.148 e. The Labute approximate surface area is 248 Å². The highest BCUT2D eigenvalue weighted by Gasteiger charge is 2.24. The summed E-state index contributed by atoms with van der Waals surface area (Å²) in [5.41, 5.74) is 7.84. The van der Waals surface area contributed by atoms with Crippen molar-refractivity contribution in [3.8, 4) is 36.2 Å². The zero-order valence-electron chi connectivity index (χ0n) is 25.4. The summed E-state index contributed by atoms with van der Waals surface area (Å²) >= 11 is 0. The SMILES string of the molecule is C#CCOc1c2cc(C(C)(C)C)cc1Cn1cc(nn1)Cc1cc(C(C)(C)C)cc(c1OCC#C)Cn1cc(nn1)C2. The van der Waals surface area contributed by atoms with Gasteiger partial charge in [-0.3, -0.25) is 0 Å². The predicted octanol–water partition coefficient (Wildman–Crippen LogP) is 5.08. The minimum Gasteiger partial charge on any atom is -0.480 e. The van der Waals surface area contributed by atoms with Crippen molar-refractivity contribution in [2.75, 3.05) is 13.2 Å². The Hall–Kier alpha value is -4.56. The molecule has 0 radical (unpaired) electrons. The summed E-state index contributed by atoms with van der Waals surface area (Å²) < 4.78 is 16.0. The van der Waals surface area contributed by atoms with E-state index in [2.05, 4.69) is 98.3 Å². The molecule has 8 heteroatoms. The lowest BCUT2D eigenvalue weighted by Crippen LogP contribution is -2.15. The van der Waals surface area contributed by atoms with Crippen LogP contribution in [0.5, 0.6) is 11.5 Å². The van der Waals surface area contributed by atoms with Gasteiger partial charge in [0.2, 0.25) is 0 Å². The lowest BCUT2D eigenvalue weighted by molar-refractivity contribution is 0.360. The predicted molar refractivity (Wildman–Crippen MR) is 163 cm³/mol. The lowest BCUT2D eigenvalue weighted by Gasteiger charge is -2.24. The highest BCUT2D eigenvalue weighted by Crippen LogP contribution is 2.36. The molecule has 2 aromatic heterocycles. The zero-order chi connectivity index (χ0) is 30.1. The number of nitrogens with zero attached hydrogens (tertiary/aromatic N) is 6. The number of aromatic nitrogens is 6. The number of hydrogen-bond acceptors (Lipinski definition) is 6. The maximum absolute atomic E-state index is 6.17. The molecular weight excluding hydrogens is 524 g/mol. The molecule has 3 heterocycles. The molecule has 4 aromatic rings. The molecule has 216 valence electrons. The molecule has 8 bridgehead atoms. The van der Waals surface area contributed by atoms with Crippen LogP contribution >= 0.6 is 0 Å². The van der Waals surface area contributed by atoms with Crippen LogP contribution in [0.3, 0.4) is 0 Å². The average molecular weight is 563 g/mol. The molecule has 5 rings (SSSR count). The fourth-order valence-electron chi connectivity index (χ4n) is 5.20. The van der Waals surface area contributed by atoms with E-state index in [-0.39, 0.29) is 24.0 Å². The van der Waals surface area contributed by atoms with Crippen LogP contribution in [0, 0.1) is 24.7 Å². The number of ether oxygens (including phenoxy) is 2. The Morgan fingerprint density at radius 1 is 0.667 bits per heavy atom. The van der Waals surface area contributed by atoms with E-state index in [1.54, 1.807) is 0 Å². The topological polar surface area (TPSA) is 79.9 Å². The third-order valence-corrected chi connectivity index (χ3v) is 7.40. The van der Waals surface area contributed by atoms with Gasteiger partial charge < -0.3 is 9.47 Å². The number of benzene rings is 2. The molecule has 42 heavy (non-hydrogen) atoms. The number of hydrogen-bond donors (Lipinski definition) is 0. The van der Waals surface area contributed by atoms with E-state index in [9.17, 15) is 0 Å². The number of fused-ring (bicyclic) bond motifs is 8. The Bertz CT molecular complexity index is 1480. The molecule has 2 aromatic carbocycles. The van der Waals surface area contributed by atoms with Gasteiger partial charge in [-0.2, -0.15) is 0 Å². The van der Waals surface area contributed by atoms with Crippen molar-refractivity contribution >= 4 is 0 Å². The molecule has 0 saturated heterocycles. The van der Waals surface area contributed by atoms with Gasteiger partial charge in [-0.15, -0.1) is 23.0 Å². The second-order valence-corrected chi connectivity index (χ2v) is 12.9. The molecule has 1 aliphatic rings. The van der Waals surface area contributed by atoms with E-state index in [0.29, 0.717) is 25.9 Å². The van der Waals surface area contributed by atoms with Crippen molar-refractivity contribution in [3.63, 3.8) is 0 Å². The Morgan fingerprint density at radius 2 is 1.05 bits per heavy atom. The van der Waals surface area contributed by atoms with Gasteiger partial charge in [0, 0.05) is 47.5 Å². The molecule has 0 aliphatic carbocycles. The molecule has 0 atom stereocenters. The molecule has 1 aliphatic heterocycles. The van der Waals surface area contributed by atoms with E-state index in [1.807, 2.05) is 21.8 Å². The monoisotopic (exact) mass is 562 g/mol. The van der Waals surface area contributed by atoms with Gasteiger partial charge in [-0.05, 0) is 34.1 Å². The van der Waals surface area contributed by atoms with Crippen LogP contribution in [0.2, 0.25) is 0 Å². The third-order valence-electron chi connectivity index (χ3n) is 7.40. The summed E-state index contributed by atoms with van der Waals surface area (Å²) in [5, 5.41) is 18.1. The first-order chi connectivity index (χ1) is 19.9. The maximum Gasteiger partial charge on any atom is 0.148 e. The minimum atomic E-state index is -0.0810. The first-order valence-corrected chi connectivity index (χ1v) is 14.2. The molecule has 0 N–H and O–H groups in total. The molecular formula is C34H38N6O2. The minimum absolute atomic E-state index is 0.0810. The fraction of sp³-hybridized carbons (Fsp3) is 0.412. The molecule has 0 fully saturated rings. The fourth-order valence-corrected chi connectivity index (χ4v) is 5.20. The quantitative estimate of drug-likeness (QED) is 0.284. The summed E-state index contributed by atoms with van der Waals surface area (Å²) in [6, 6.07) is 8.74. The molecule has 0 amide bonds. The van der Waals surface area contributed by atoms with Gasteiger partial charge in [-0.1, -0.05) is 75.9 Å². The van der Waals surface area contributed by atoms with Gasteiger partial charge >= 0.3 is 0 Å². The molecule has 0 unspecified atom stereocenters. The summed E-state index contributed by atoms with van der Waals surface area (Å²) in [6.07, 6.45) is 16.2. The van der Waals surface area contributed by atoms with Crippen LogP contribution in [0.15, 0.2) is 36.7 Å². The maximum atomic E-state index is 6.17. The van der Waals surface area contributed by atoms with Crippen LogP contribution in [-0.4, -0.2) is 43.2 Å². The highest BCUT2D eigenvalue weighted by atomic mass is 16.5. The van der Waals surface area contributed by atoms with Gasteiger partial charge in [0.25, 0.3) is 0 Å². The summed E-state index contributed by atoms with van der Waals surface area (Å²) in [5.74, 6) is 6.73. The van der Waals surface area contributed by atoms with E-state index in [4.69, 9.17) is 22.3 Å². The van der Waals surface area contributed by atoms with Crippen LogP contribution in [0.4, 0.5) is 0 Å². The van der Waals surface area contributed by atoms with Crippen molar-refractivity contribution in [2.24, 2.45) is 0 Å². The van der Waals surface area contributed by atoms with Crippen molar-refractivity contribution in [1.29, 1.82) is 0 Å². The average Bonchev–Trinajstić information content (AvgIpc) is 3.54. The van der Waals surface area contributed by atoms with Crippen molar-refractivity contribution in [3.05, 3.63) is 81.4 Å². The zero-order valence-corrected chi connectivity index (χ0v) is 25.4. The Kier molecular flexibility index (Phi) is 7.84. The highest BCUT2D eigenvalue weighted by molar-refractivity contribution is 5.50. The molecule has 0 saturated carbocycles. The first-order valence-electron chi connectivity index (χ1n) is 14.2. The van der Waals surface area contributed by atoms with Gasteiger partial charge in [0.1, 0.15) is 24.7 Å². The molecule has 8 nitrogen and oxygen atoms in total. The lowest BCUT2D eigenvalue weighted by atomic mass is 9.84. The normalized spacial score (nSPS) is 13.2. The summed E-state index contributed by atoms with van der Waals surface area (Å²) in [7, 11) is 0. The number of rotatable bonds is 4. The van der Waals surface area contributed by atoms with Crippen molar-refractivity contribution < 1.29 is 9.47 Å².